The van der Waals surface area contributed by atoms with Crippen molar-refractivity contribution >= 4 is 60.7 Å². The summed E-state index contributed by atoms with van der Waals surface area (Å²) in [5.41, 5.74) is 1.91. The second-order valence-corrected chi connectivity index (χ2v) is 10.8. The normalized spacial score (nSPS) is 13.2. The van der Waals surface area contributed by atoms with Crippen LogP contribution in [0, 0.1) is 0 Å². The molecule has 0 saturated heterocycles. The maximum Gasteiger partial charge on any atom is 0.226 e. The average molecular weight is 511 g/mol. The number of carbonyl (C=O) groups excluding carboxylic acids is 2. The Morgan fingerprint density at radius 1 is 1.23 bits per heavy atom. The fraction of sp³-hybridized carbons (Fsp3) is 0.333. The van der Waals surface area contributed by atoms with Crippen molar-refractivity contribution in [2.24, 2.45) is 0 Å². The minimum absolute atomic E-state index is 0.100. The lowest BCUT2D eigenvalue weighted by Crippen LogP contribution is -2.29. The highest BCUT2D eigenvalue weighted by molar-refractivity contribution is 9.10. The number of rotatable bonds is 7. The van der Waals surface area contributed by atoms with Gasteiger partial charge < -0.3 is 10.2 Å². The van der Waals surface area contributed by atoms with Crippen molar-refractivity contribution in [3.8, 4) is 0 Å². The summed E-state index contributed by atoms with van der Waals surface area (Å²) in [6, 6.07) is 10.7. The monoisotopic (exact) mass is 510 g/mol. The largest absolute Gasteiger partial charge is 0.326 e. The Balaban J connectivity index is 1.79. The lowest BCUT2D eigenvalue weighted by atomic mass is 10.2. The smallest absolute Gasteiger partial charge is 0.226 e. The summed E-state index contributed by atoms with van der Waals surface area (Å²) < 4.78 is 26.9. The summed E-state index contributed by atoms with van der Waals surface area (Å²) in [6.45, 7) is 2.22. The zero-order valence-electron chi connectivity index (χ0n) is 16.8. The van der Waals surface area contributed by atoms with Gasteiger partial charge in [-0.3, -0.25) is 9.59 Å². The van der Waals surface area contributed by atoms with E-state index in [9.17, 15) is 18.0 Å². The molecule has 9 heteroatoms. The van der Waals surface area contributed by atoms with Crippen molar-refractivity contribution in [1.82, 2.24) is 0 Å². The highest BCUT2D eigenvalue weighted by Crippen LogP contribution is 2.38. The minimum atomic E-state index is -3.77. The number of carbonyl (C=O) groups is 2. The van der Waals surface area contributed by atoms with Crippen LogP contribution in [0.2, 0.25) is 0 Å². The molecule has 0 aromatic heterocycles. The number of thioether (sulfide) groups is 1. The zero-order chi connectivity index (χ0) is 21.9. The van der Waals surface area contributed by atoms with E-state index in [1.54, 1.807) is 29.7 Å². The van der Waals surface area contributed by atoms with Gasteiger partial charge in [0.25, 0.3) is 0 Å². The van der Waals surface area contributed by atoms with Gasteiger partial charge in [0.15, 0.2) is 9.84 Å². The van der Waals surface area contributed by atoms with E-state index in [4.69, 9.17) is 0 Å². The van der Waals surface area contributed by atoms with E-state index >= 15 is 0 Å². The van der Waals surface area contributed by atoms with E-state index in [2.05, 4.69) is 21.2 Å². The van der Waals surface area contributed by atoms with Crippen LogP contribution in [-0.2, 0) is 25.8 Å². The van der Waals surface area contributed by atoms with Gasteiger partial charge >= 0.3 is 0 Å². The van der Waals surface area contributed by atoms with Gasteiger partial charge in [-0.1, -0.05) is 28.9 Å². The van der Waals surface area contributed by atoms with E-state index < -0.39 is 9.84 Å². The maximum absolute atomic E-state index is 13.1. The van der Waals surface area contributed by atoms with Gasteiger partial charge in [0.05, 0.1) is 16.3 Å². The molecule has 1 aliphatic heterocycles. The molecule has 1 aliphatic rings. The standard InChI is InChI=1S/C21H23BrN2O4S2/c1-3-20(26)24-9-7-14-11-15(22)12-18(21(14)24)30(27,28)10-8-19(25)23-16-5-4-6-17(13-16)29-2/h4-6,11-13H,3,7-10H2,1-2H3,(H,23,25). The molecule has 2 amide bonds. The third kappa shape index (κ3) is 5.07. The van der Waals surface area contributed by atoms with Crippen LogP contribution in [0.25, 0.3) is 0 Å². The summed E-state index contributed by atoms with van der Waals surface area (Å²) >= 11 is 4.93. The molecule has 6 nitrogen and oxygen atoms in total. The number of halogens is 1. The quantitative estimate of drug-likeness (QED) is 0.562. The molecular weight excluding hydrogens is 488 g/mol. The van der Waals surface area contributed by atoms with Crippen LogP contribution in [0.5, 0.6) is 0 Å². The van der Waals surface area contributed by atoms with Crippen LogP contribution in [-0.4, -0.2) is 38.8 Å². The van der Waals surface area contributed by atoms with Gasteiger partial charge in [0.1, 0.15) is 0 Å². The number of benzene rings is 2. The van der Waals surface area contributed by atoms with Crippen molar-refractivity contribution in [2.75, 3.05) is 28.8 Å². The Labute approximate surface area is 189 Å². The molecule has 30 heavy (non-hydrogen) atoms. The molecule has 0 bridgehead atoms. The Hall–Kier alpha value is -1.84. The maximum atomic E-state index is 13.1. The Morgan fingerprint density at radius 3 is 2.70 bits per heavy atom. The zero-order valence-corrected chi connectivity index (χ0v) is 20.0. The summed E-state index contributed by atoms with van der Waals surface area (Å²) in [5.74, 6) is -0.818. The van der Waals surface area contributed by atoms with Crippen molar-refractivity contribution in [3.05, 3.63) is 46.4 Å². The van der Waals surface area contributed by atoms with Crippen LogP contribution < -0.4 is 10.2 Å². The molecule has 0 fully saturated rings. The third-order valence-corrected chi connectivity index (χ3v) is 7.79. The second-order valence-electron chi connectivity index (χ2n) is 6.91. The number of hydrogen-bond acceptors (Lipinski definition) is 5. The molecule has 1 N–H and O–H groups in total. The van der Waals surface area contributed by atoms with Crippen LogP contribution >= 0.6 is 27.7 Å². The van der Waals surface area contributed by atoms with Crippen molar-refractivity contribution in [2.45, 2.75) is 36.0 Å². The predicted molar refractivity (Wildman–Crippen MR) is 124 cm³/mol. The van der Waals surface area contributed by atoms with Crippen LogP contribution in [0.3, 0.4) is 0 Å². The lowest BCUT2D eigenvalue weighted by Gasteiger charge is -2.20. The molecular formula is C21H23BrN2O4S2. The molecule has 3 rings (SSSR count). The first kappa shape index (κ1) is 22.8. The number of nitrogens with zero attached hydrogens (tertiary/aromatic N) is 1. The summed E-state index contributed by atoms with van der Waals surface area (Å²) in [5, 5.41) is 2.75. The van der Waals surface area contributed by atoms with Gasteiger partial charge in [-0.05, 0) is 48.6 Å². The van der Waals surface area contributed by atoms with Crippen molar-refractivity contribution in [3.63, 3.8) is 0 Å². The van der Waals surface area contributed by atoms with Crippen LogP contribution in [0.15, 0.2) is 50.7 Å². The molecule has 0 aliphatic carbocycles. The third-order valence-electron chi connectivity index (χ3n) is 4.88. The highest BCUT2D eigenvalue weighted by Gasteiger charge is 2.32. The van der Waals surface area contributed by atoms with Gasteiger partial charge in [-0.15, -0.1) is 11.8 Å². The van der Waals surface area contributed by atoms with Gasteiger partial charge in [-0.25, -0.2) is 8.42 Å². The van der Waals surface area contributed by atoms with E-state index in [0.29, 0.717) is 35.2 Å². The Bertz CT molecular complexity index is 1090. The molecule has 0 saturated carbocycles. The van der Waals surface area contributed by atoms with Crippen LogP contribution in [0.4, 0.5) is 11.4 Å². The van der Waals surface area contributed by atoms with E-state index in [0.717, 1.165) is 10.5 Å². The fourth-order valence-corrected chi connectivity index (χ4v) is 6.04. The van der Waals surface area contributed by atoms with Gasteiger partial charge in [0.2, 0.25) is 11.8 Å². The minimum Gasteiger partial charge on any atom is -0.326 e. The Kier molecular flexibility index (Phi) is 7.26. The second kappa shape index (κ2) is 9.53. The lowest BCUT2D eigenvalue weighted by molar-refractivity contribution is -0.118. The molecule has 0 spiro atoms. The fourth-order valence-electron chi connectivity index (χ4n) is 3.41. The van der Waals surface area contributed by atoms with Crippen molar-refractivity contribution < 1.29 is 18.0 Å². The SMILES string of the molecule is CCC(=O)N1CCc2cc(Br)cc(S(=O)(=O)CCC(=O)Nc3cccc(SC)c3)c21. The number of sulfone groups is 1. The highest BCUT2D eigenvalue weighted by atomic mass is 79.9. The van der Waals surface area contributed by atoms with Gasteiger partial charge in [-0.2, -0.15) is 0 Å². The number of nitrogens with one attached hydrogen (secondary N) is 1. The van der Waals surface area contributed by atoms with E-state index in [1.165, 1.54) is 6.07 Å². The number of fused-ring (bicyclic) bond motifs is 1. The summed E-state index contributed by atoms with van der Waals surface area (Å²) in [6.07, 6.45) is 2.67. The molecule has 1 heterocycles. The molecule has 2 aromatic rings. The molecule has 0 unspecified atom stereocenters. The predicted octanol–water partition coefficient (Wildman–Crippen LogP) is 4.27. The summed E-state index contributed by atoms with van der Waals surface area (Å²) in [4.78, 5) is 27.3. The average Bonchev–Trinajstić information content (AvgIpc) is 3.14. The first-order chi connectivity index (χ1) is 14.2. The van der Waals surface area contributed by atoms with E-state index in [-0.39, 0.29) is 28.9 Å². The van der Waals surface area contributed by atoms with E-state index in [1.807, 2.05) is 30.5 Å². The first-order valence-corrected chi connectivity index (χ1v) is 13.2. The molecule has 0 radical (unpaired) electrons. The molecule has 160 valence electrons. The summed E-state index contributed by atoms with van der Waals surface area (Å²) in [7, 11) is -3.77. The number of anilines is 2. The number of amides is 2. The Morgan fingerprint density at radius 2 is 2.00 bits per heavy atom. The van der Waals surface area contributed by atoms with Crippen LogP contribution in [0.1, 0.15) is 25.3 Å². The topological polar surface area (TPSA) is 83.6 Å². The number of hydrogen-bond donors (Lipinski definition) is 1. The molecule has 0 atom stereocenters. The molecule has 2 aromatic carbocycles. The van der Waals surface area contributed by atoms with Crippen molar-refractivity contribution in [1.29, 1.82) is 0 Å². The first-order valence-electron chi connectivity index (χ1n) is 9.54. The van der Waals surface area contributed by atoms with Gasteiger partial charge in [0, 0.05) is 34.4 Å².